The standard InChI is InChI=1S/C21H27N3O2/c1-24-21(26)18-9-5-4-8-17(18)19(23-24)13-20(25)22-16-11-10-14-6-2-3-7-15(14)12-16/h4-5,8-9,14-16H,2-3,6-7,10-13H2,1H3,(H,22,25)/t14-,15-,16-/m1/s1. The van der Waals surface area contributed by atoms with Crippen molar-refractivity contribution in [2.45, 2.75) is 57.4 Å². The van der Waals surface area contributed by atoms with Gasteiger partial charge in [-0.25, -0.2) is 4.68 Å². The normalized spacial score (nSPS) is 25.7. The summed E-state index contributed by atoms with van der Waals surface area (Å²) >= 11 is 0. The van der Waals surface area contributed by atoms with Crippen LogP contribution in [-0.2, 0) is 18.3 Å². The van der Waals surface area contributed by atoms with Crippen LogP contribution in [0.25, 0.3) is 10.8 Å². The first-order valence-corrected chi connectivity index (χ1v) is 9.86. The average Bonchev–Trinajstić information content (AvgIpc) is 2.66. The summed E-state index contributed by atoms with van der Waals surface area (Å²) in [7, 11) is 1.64. The number of aryl methyl sites for hydroxylation is 1. The molecule has 26 heavy (non-hydrogen) atoms. The molecule has 2 saturated carbocycles. The monoisotopic (exact) mass is 353 g/mol. The molecule has 0 aliphatic heterocycles. The molecular weight excluding hydrogens is 326 g/mol. The Bertz CT molecular complexity index is 873. The topological polar surface area (TPSA) is 64.0 Å². The van der Waals surface area contributed by atoms with Crippen LogP contribution >= 0.6 is 0 Å². The number of aromatic nitrogens is 2. The van der Waals surface area contributed by atoms with Gasteiger partial charge in [-0.15, -0.1) is 0 Å². The number of nitrogens with one attached hydrogen (secondary N) is 1. The molecule has 2 aromatic rings. The second kappa shape index (κ2) is 7.22. The molecule has 2 aliphatic rings. The van der Waals surface area contributed by atoms with Gasteiger partial charge in [0.1, 0.15) is 0 Å². The Morgan fingerprint density at radius 3 is 2.65 bits per heavy atom. The van der Waals surface area contributed by atoms with Gasteiger partial charge in [-0.1, -0.05) is 43.9 Å². The van der Waals surface area contributed by atoms with E-state index in [2.05, 4.69) is 10.4 Å². The van der Waals surface area contributed by atoms with E-state index in [1.165, 1.54) is 36.8 Å². The van der Waals surface area contributed by atoms with Gasteiger partial charge in [-0.3, -0.25) is 9.59 Å². The summed E-state index contributed by atoms with van der Waals surface area (Å²) < 4.78 is 1.33. The first-order chi connectivity index (χ1) is 12.6. The van der Waals surface area contributed by atoms with Gasteiger partial charge in [0.15, 0.2) is 0 Å². The van der Waals surface area contributed by atoms with Gasteiger partial charge in [0, 0.05) is 18.5 Å². The first kappa shape index (κ1) is 17.3. The van der Waals surface area contributed by atoms with Gasteiger partial charge in [0.2, 0.25) is 5.91 Å². The van der Waals surface area contributed by atoms with E-state index in [1.54, 1.807) is 13.1 Å². The van der Waals surface area contributed by atoms with E-state index in [9.17, 15) is 9.59 Å². The fourth-order valence-corrected chi connectivity index (χ4v) is 4.94. The third-order valence-electron chi connectivity index (χ3n) is 6.27. The molecule has 1 aromatic carbocycles. The molecule has 0 radical (unpaired) electrons. The van der Waals surface area contributed by atoms with Crippen molar-refractivity contribution < 1.29 is 4.79 Å². The van der Waals surface area contributed by atoms with Crippen molar-refractivity contribution >= 4 is 16.7 Å². The smallest absolute Gasteiger partial charge is 0.274 e. The Balaban J connectivity index is 1.46. The average molecular weight is 353 g/mol. The molecule has 1 amide bonds. The minimum Gasteiger partial charge on any atom is -0.353 e. The largest absolute Gasteiger partial charge is 0.353 e. The van der Waals surface area contributed by atoms with Crippen LogP contribution in [-0.4, -0.2) is 21.7 Å². The minimum absolute atomic E-state index is 0.0144. The molecule has 1 N–H and O–H groups in total. The highest BCUT2D eigenvalue weighted by Gasteiger charge is 2.32. The minimum atomic E-state index is -0.125. The van der Waals surface area contributed by atoms with Gasteiger partial charge < -0.3 is 5.32 Å². The second-order valence-corrected chi connectivity index (χ2v) is 7.98. The molecule has 5 heteroatoms. The zero-order valence-electron chi connectivity index (χ0n) is 15.4. The van der Waals surface area contributed by atoms with Crippen LogP contribution < -0.4 is 10.9 Å². The molecule has 0 unspecified atom stereocenters. The third kappa shape index (κ3) is 3.39. The van der Waals surface area contributed by atoms with Crippen molar-refractivity contribution in [3.63, 3.8) is 0 Å². The van der Waals surface area contributed by atoms with Gasteiger partial charge in [-0.05, 0) is 37.2 Å². The maximum absolute atomic E-state index is 12.6. The highest BCUT2D eigenvalue weighted by atomic mass is 16.1. The van der Waals surface area contributed by atoms with E-state index in [4.69, 9.17) is 0 Å². The maximum Gasteiger partial charge on any atom is 0.274 e. The highest BCUT2D eigenvalue weighted by Crippen LogP contribution is 2.40. The number of nitrogens with zero attached hydrogens (tertiary/aromatic N) is 2. The predicted molar refractivity (Wildman–Crippen MR) is 102 cm³/mol. The van der Waals surface area contributed by atoms with E-state index in [1.807, 2.05) is 18.2 Å². The number of rotatable bonds is 3. The van der Waals surface area contributed by atoms with Crippen LogP contribution in [0.1, 0.15) is 50.6 Å². The molecule has 1 aromatic heterocycles. The van der Waals surface area contributed by atoms with Gasteiger partial charge in [0.05, 0.1) is 17.5 Å². The number of amides is 1. The van der Waals surface area contributed by atoms with E-state index in [-0.39, 0.29) is 17.9 Å². The summed E-state index contributed by atoms with van der Waals surface area (Å²) in [6.45, 7) is 0. The van der Waals surface area contributed by atoms with Crippen molar-refractivity contribution in [2.75, 3.05) is 0 Å². The SMILES string of the molecule is Cn1nc(CC(=O)N[C@@H]2CC[C@H]3CCCC[C@@H]3C2)c2ccccc2c1=O. The summed E-state index contributed by atoms with van der Waals surface area (Å²) in [5.41, 5.74) is 0.548. The van der Waals surface area contributed by atoms with E-state index in [0.29, 0.717) is 17.1 Å². The molecule has 5 nitrogen and oxygen atoms in total. The lowest BCUT2D eigenvalue weighted by Crippen LogP contribution is -2.42. The molecular formula is C21H27N3O2. The molecule has 4 rings (SSSR count). The summed E-state index contributed by atoms with van der Waals surface area (Å²) in [6, 6.07) is 7.69. The van der Waals surface area contributed by atoms with Gasteiger partial charge >= 0.3 is 0 Å². The predicted octanol–water partition coefficient (Wildman–Crippen LogP) is 2.95. The molecule has 0 bridgehead atoms. The number of carbonyl (C=O) groups excluding carboxylic acids is 1. The Morgan fingerprint density at radius 1 is 1.12 bits per heavy atom. The van der Waals surface area contributed by atoms with Gasteiger partial charge in [0.25, 0.3) is 5.56 Å². The number of benzene rings is 1. The second-order valence-electron chi connectivity index (χ2n) is 7.98. The Labute approximate surface area is 153 Å². The molecule has 2 aliphatic carbocycles. The molecule has 0 spiro atoms. The van der Waals surface area contributed by atoms with Crippen molar-refractivity contribution in [3.8, 4) is 0 Å². The lowest BCUT2D eigenvalue weighted by atomic mass is 9.69. The van der Waals surface area contributed by atoms with Crippen molar-refractivity contribution in [1.29, 1.82) is 0 Å². The number of hydrogen-bond acceptors (Lipinski definition) is 3. The lowest BCUT2D eigenvalue weighted by molar-refractivity contribution is -0.121. The maximum atomic E-state index is 12.6. The molecule has 0 saturated heterocycles. The summed E-state index contributed by atoms with van der Waals surface area (Å²) in [4.78, 5) is 24.9. The Morgan fingerprint density at radius 2 is 1.85 bits per heavy atom. The fraction of sp³-hybridized carbons (Fsp3) is 0.571. The van der Waals surface area contributed by atoms with E-state index >= 15 is 0 Å². The number of fused-ring (bicyclic) bond motifs is 2. The zero-order valence-corrected chi connectivity index (χ0v) is 15.4. The summed E-state index contributed by atoms with van der Waals surface area (Å²) in [5.74, 6) is 1.69. The summed E-state index contributed by atoms with van der Waals surface area (Å²) in [6.07, 6.45) is 9.10. The zero-order chi connectivity index (χ0) is 18.1. The van der Waals surface area contributed by atoms with Crippen LogP contribution in [0, 0.1) is 11.8 Å². The molecule has 3 atom stereocenters. The summed E-state index contributed by atoms with van der Waals surface area (Å²) in [5, 5.41) is 8.98. The van der Waals surface area contributed by atoms with E-state index < -0.39 is 0 Å². The number of carbonyl (C=O) groups is 1. The molecule has 1 heterocycles. The van der Waals surface area contributed by atoms with Crippen LogP contribution in [0.2, 0.25) is 0 Å². The van der Waals surface area contributed by atoms with Crippen molar-refractivity contribution in [1.82, 2.24) is 15.1 Å². The van der Waals surface area contributed by atoms with Gasteiger partial charge in [-0.2, -0.15) is 5.10 Å². The van der Waals surface area contributed by atoms with Crippen LogP contribution in [0.3, 0.4) is 0 Å². The van der Waals surface area contributed by atoms with Crippen molar-refractivity contribution in [3.05, 3.63) is 40.3 Å². The first-order valence-electron chi connectivity index (χ1n) is 9.86. The Kier molecular flexibility index (Phi) is 4.79. The van der Waals surface area contributed by atoms with Crippen LogP contribution in [0.15, 0.2) is 29.1 Å². The number of hydrogen-bond donors (Lipinski definition) is 1. The molecule has 138 valence electrons. The fourth-order valence-electron chi connectivity index (χ4n) is 4.94. The third-order valence-corrected chi connectivity index (χ3v) is 6.27. The van der Waals surface area contributed by atoms with Crippen LogP contribution in [0.4, 0.5) is 0 Å². The van der Waals surface area contributed by atoms with E-state index in [0.717, 1.165) is 30.1 Å². The molecule has 2 fully saturated rings. The quantitative estimate of drug-likeness (QED) is 0.923. The van der Waals surface area contributed by atoms with Crippen LogP contribution in [0.5, 0.6) is 0 Å². The lowest BCUT2D eigenvalue weighted by Gasteiger charge is -2.39. The highest BCUT2D eigenvalue weighted by molar-refractivity contribution is 5.88. The van der Waals surface area contributed by atoms with Crippen molar-refractivity contribution in [2.24, 2.45) is 18.9 Å². The Hall–Kier alpha value is -2.17.